The first kappa shape index (κ1) is 16.8. The Kier molecular flexibility index (Phi) is 5.14. The van der Waals surface area contributed by atoms with E-state index in [4.69, 9.17) is 4.74 Å². The van der Waals surface area contributed by atoms with Crippen LogP contribution in [0.3, 0.4) is 0 Å². The number of carbonyl (C=O) groups excluding carboxylic acids is 1. The molecule has 0 aliphatic heterocycles. The van der Waals surface area contributed by atoms with Gasteiger partial charge in [0.05, 0.1) is 12.2 Å². The second-order valence-corrected chi connectivity index (χ2v) is 5.92. The van der Waals surface area contributed by atoms with Gasteiger partial charge in [-0.25, -0.2) is 4.79 Å². The van der Waals surface area contributed by atoms with Crippen LogP contribution in [0, 0.1) is 6.92 Å². The number of rotatable bonds is 5. The van der Waals surface area contributed by atoms with Crippen molar-refractivity contribution < 1.29 is 9.53 Å². The van der Waals surface area contributed by atoms with Gasteiger partial charge in [-0.15, -0.1) is 0 Å². The van der Waals surface area contributed by atoms with Crippen LogP contribution in [-0.4, -0.2) is 36.1 Å². The Morgan fingerprint density at radius 2 is 1.96 bits per heavy atom. The highest BCUT2D eigenvalue weighted by Gasteiger charge is 2.10. The van der Waals surface area contributed by atoms with Crippen molar-refractivity contribution in [2.75, 3.05) is 25.5 Å². The number of nitrogens with zero attached hydrogens (tertiary/aromatic N) is 2. The molecule has 0 bridgehead atoms. The SMILES string of the molecule is Cc1ccc(OCCN(C)C(=O)Nc2cccc3cnccc23)cc1. The summed E-state index contributed by atoms with van der Waals surface area (Å²) < 4.78 is 5.67. The van der Waals surface area contributed by atoms with Gasteiger partial charge in [-0.05, 0) is 31.2 Å². The molecule has 0 fully saturated rings. The molecule has 25 heavy (non-hydrogen) atoms. The van der Waals surface area contributed by atoms with Crippen LogP contribution in [0.4, 0.5) is 10.5 Å². The molecule has 0 atom stereocenters. The van der Waals surface area contributed by atoms with E-state index in [2.05, 4.69) is 10.3 Å². The van der Waals surface area contributed by atoms with Gasteiger partial charge in [0, 0.05) is 30.2 Å². The third-order valence-corrected chi connectivity index (χ3v) is 3.99. The number of fused-ring (bicyclic) bond motifs is 1. The predicted molar refractivity (Wildman–Crippen MR) is 100 cm³/mol. The zero-order valence-corrected chi connectivity index (χ0v) is 14.4. The first-order chi connectivity index (χ1) is 12.1. The topological polar surface area (TPSA) is 54.5 Å². The fraction of sp³-hybridized carbons (Fsp3) is 0.200. The van der Waals surface area contributed by atoms with Gasteiger partial charge < -0.3 is 15.0 Å². The molecule has 0 unspecified atom stereocenters. The lowest BCUT2D eigenvalue weighted by Crippen LogP contribution is -2.34. The van der Waals surface area contributed by atoms with Crippen molar-refractivity contribution in [1.82, 2.24) is 9.88 Å². The van der Waals surface area contributed by atoms with E-state index in [1.807, 2.05) is 55.5 Å². The molecule has 2 aromatic carbocycles. The number of ether oxygens (including phenoxy) is 1. The number of hydrogen-bond acceptors (Lipinski definition) is 3. The standard InChI is InChI=1S/C20H21N3O2/c1-15-6-8-17(9-7-15)25-13-12-23(2)20(24)22-19-5-3-4-16-14-21-11-10-18(16)19/h3-11,14H,12-13H2,1-2H3,(H,22,24). The minimum Gasteiger partial charge on any atom is -0.492 e. The highest BCUT2D eigenvalue weighted by Crippen LogP contribution is 2.22. The van der Waals surface area contributed by atoms with Crippen LogP contribution in [0.5, 0.6) is 5.75 Å². The van der Waals surface area contributed by atoms with Crippen molar-refractivity contribution in [2.24, 2.45) is 0 Å². The summed E-state index contributed by atoms with van der Waals surface area (Å²) in [7, 11) is 1.75. The maximum Gasteiger partial charge on any atom is 0.321 e. The van der Waals surface area contributed by atoms with E-state index in [1.54, 1.807) is 24.3 Å². The molecule has 128 valence electrons. The van der Waals surface area contributed by atoms with Gasteiger partial charge in [-0.1, -0.05) is 29.8 Å². The Morgan fingerprint density at radius 3 is 2.76 bits per heavy atom. The van der Waals surface area contributed by atoms with Crippen molar-refractivity contribution in [1.29, 1.82) is 0 Å². The van der Waals surface area contributed by atoms with Gasteiger partial charge in [0.15, 0.2) is 0 Å². The number of urea groups is 1. The highest BCUT2D eigenvalue weighted by molar-refractivity contribution is 6.01. The third kappa shape index (κ3) is 4.26. The van der Waals surface area contributed by atoms with E-state index < -0.39 is 0 Å². The summed E-state index contributed by atoms with van der Waals surface area (Å²) in [6.45, 7) is 2.96. The zero-order valence-electron chi connectivity index (χ0n) is 14.4. The van der Waals surface area contributed by atoms with Crippen molar-refractivity contribution in [3.05, 3.63) is 66.5 Å². The summed E-state index contributed by atoms with van der Waals surface area (Å²) in [6.07, 6.45) is 3.50. The molecule has 5 heteroatoms. The Morgan fingerprint density at radius 1 is 1.16 bits per heavy atom. The summed E-state index contributed by atoms with van der Waals surface area (Å²) in [6, 6.07) is 15.3. The molecule has 3 rings (SSSR count). The molecule has 2 amide bonds. The van der Waals surface area contributed by atoms with Gasteiger partial charge in [-0.3, -0.25) is 4.98 Å². The van der Waals surface area contributed by atoms with E-state index in [9.17, 15) is 4.79 Å². The van der Waals surface area contributed by atoms with Crippen molar-refractivity contribution in [2.45, 2.75) is 6.92 Å². The Balaban J connectivity index is 1.56. The fourth-order valence-electron chi connectivity index (χ4n) is 2.48. The van der Waals surface area contributed by atoms with Crippen LogP contribution >= 0.6 is 0 Å². The second-order valence-electron chi connectivity index (χ2n) is 5.92. The lowest BCUT2D eigenvalue weighted by molar-refractivity contribution is 0.207. The van der Waals surface area contributed by atoms with Gasteiger partial charge in [0.1, 0.15) is 12.4 Å². The van der Waals surface area contributed by atoms with Crippen LogP contribution in [0.15, 0.2) is 60.9 Å². The number of hydrogen-bond donors (Lipinski definition) is 1. The molecule has 0 aliphatic rings. The highest BCUT2D eigenvalue weighted by atomic mass is 16.5. The number of likely N-dealkylation sites (N-methyl/N-ethyl adjacent to an activating group) is 1. The monoisotopic (exact) mass is 335 g/mol. The number of amides is 2. The number of nitrogens with one attached hydrogen (secondary N) is 1. The normalized spacial score (nSPS) is 10.5. The lowest BCUT2D eigenvalue weighted by Gasteiger charge is -2.19. The molecule has 0 saturated carbocycles. The first-order valence-corrected chi connectivity index (χ1v) is 8.18. The first-order valence-electron chi connectivity index (χ1n) is 8.18. The maximum atomic E-state index is 12.4. The van der Waals surface area contributed by atoms with E-state index in [0.29, 0.717) is 13.2 Å². The van der Waals surface area contributed by atoms with E-state index in [1.165, 1.54) is 5.56 Å². The second kappa shape index (κ2) is 7.66. The molecule has 1 aromatic heterocycles. The zero-order chi connectivity index (χ0) is 17.6. The molecule has 0 saturated heterocycles. The molecule has 0 aliphatic carbocycles. The van der Waals surface area contributed by atoms with E-state index in [0.717, 1.165) is 22.2 Å². The molecule has 3 aromatic rings. The van der Waals surface area contributed by atoms with Crippen LogP contribution in [0.2, 0.25) is 0 Å². The molecular weight excluding hydrogens is 314 g/mol. The fourth-order valence-corrected chi connectivity index (χ4v) is 2.48. The van der Waals surface area contributed by atoms with E-state index in [-0.39, 0.29) is 6.03 Å². The Hall–Kier alpha value is -3.08. The summed E-state index contributed by atoms with van der Waals surface area (Å²) in [5.74, 6) is 0.806. The number of benzene rings is 2. The smallest absolute Gasteiger partial charge is 0.321 e. The summed E-state index contributed by atoms with van der Waals surface area (Å²) in [5.41, 5.74) is 1.96. The third-order valence-electron chi connectivity index (χ3n) is 3.99. The molecule has 5 nitrogen and oxygen atoms in total. The minimum absolute atomic E-state index is 0.170. The summed E-state index contributed by atoms with van der Waals surface area (Å²) in [4.78, 5) is 18.1. The van der Waals surface area contributed by atoms with Crippen molar-refractivity contribution >= 4 is 22.5 Å². The van der Waals surface area contributed by atoms with Gasteiger partial charge in [-0.2, -0.15) is 0 Å². The maximum absolute atomic E-state index is 12.4. The molecular formula is C20H21N3O2. The summed E-state index contributed by atoms with van der Waals surface area (Å²) >= 11 is 0. The lowest BCUT2D eigenvalue weighted by atomic mass is 10.1. The van der Waals surface area contributed by atoms with Crippen LogP contribution in [0.1, 0.15) is 5.56 Å². The van der Waals surface area contributed by atoms with Gasteiger partial charge >= 0.3 is 6.03 Å². The van der Waals surface area contributed by atoms with Crippen LogP contribution in [0.25, 0.3) is 10.8 Å². The average molecular weight is 335 g/mol. The van der Waals surface area contributed by atoms with Gasteiger partial charge in [0.25, 0.3) is 0 Å². The van der Waals surface area contributed by atoms with Crippen LogP contribution in [-0.2, 0) is 0 Å². The van der Waals surface area contributed by atoms with Crippen molar-refractivity contribution in [3.8, 4) is 5.75 Å². The number of anilines is 1. The number of pyridine rings is 1. The molecule has 0 spiro atoms. The summed E-state index contributed by atoms with van der Waals surface area (Å²) in [5, 5.41) is 4.90. The van der Waals surface area contributed by atoms with Crippen LogP contribution < -0.4 is 10.1 Å². The molecule has 1 heterocycles. The van der Waals surface area contributed by atoms with Gasteiger partial charge in [0.2, 0.25) is 0 Å². The number of carbonyl (C=O) groups is 1. The predicted octanol–water partition coefficient (Wildman–Crippen LogP) is 4.09. The van der Waals surface area contributed by atoms with Crippen molar-refractivity contribution in [3.63, 3.8) is 0 Å². The van der Waals surface area contributed by atoms with E-state index >= 15 is 0 Å². The Labute approximate surface area is 147 Å². The average Bonchev–Trinajstić information content (AvgIpc) is 2.63. The number of aryl methyl sites for hydroxylation is 1. The Bertz CT molecular complexity index is 857. The molecule has 0 radical (unpaired) electrons. The largest absolute Gasteiger partial charge is 0.492 e. The number of aromatic nitrogens is 1. The quantitative estimate of drug-likeness (QED) is 0.764. The molecule has 1 N–H and O–H groups in total. The minimum atomic E-state index is -0.170.